The smallest absolute Gasteiger partial charge is 0.320 e. The number of halogens is 4. The van der Waals surface area contributed by atoms with Crippen LogP contribution in [0.3, 0.4) is 0 Å². The molecule has 1 atom stereocenters. The Labute approximate surface area is 123 Å². The van der Waals surface area contributed by atoms with Crippen molar-refractivity contribution >= 4 is 15.9 Å². The van der Waals surface area contributed by atoms with Crippen molar-refractivity contribution in [3.05, 3.63) is 63.4 Å². The summed E-state index contributed by atoms with van der Waals surface area (Å²) in [6, 6.07) is 4.85. The summed E-state index contributed by atoms with van der Waals surface area (Å²) in [7, 11) is 0. The van der Waals surface area contributed by atoms with E-state index in [9.17, 15) is 13.2 Å². The van der Waals surface area contributed by atoms with Gasteiger partial charge in [-0.25, -0.2) is 0 Å². The monoisotopic (exact) mass is 344 g/mol. The van der Waals surface area contributed by atoms with Crippen molar-refractivity contribution in [3.8, 4) is 0 Å². The predicted molar refractivity (Wildman–Crippen MR) is 74.1 cm³/mol. The highest BCUT2D eigenvalue weighted by Gasteiger charge is 2.35. The molecule has 2 rings (SSSR count). The second-order valence-corrected chi connectivity index (χ2v) is 5.42. The minimum atomic E-state index is -4.45. The molecular weight excluding hydrogens is 333 g/mol. The maximum absolute atomic E-state index is 13.1. The minimum Gasteiger partial charge on any atom is -0.320 e. The molecule has 0 saturated heterocycles. The Morgan fingerprint density at radius 3 is 2.50 bits per heavy atom. The van der Waals surface area contributed by atoms with Crippen LogP contribution >= 0.6 is 15.9 Å². The summed E-state index contributed by atoms with van der Waals surface area (Å²) in [5, 5.41) is 0. The Bertz CT molecular complexity index is 626. The molecule has 1 aromatic carbocycles. The molecule has 0 amide bonds. The van der Waals surface area contributed by atoms with Gasteiger partial charge in [0.15, 0.2) is 0 Å². The van der Waals surface area contributed by atoms with Crippen molar-refractivity contribution < 1.29 is 13.2 Å². The number of pyridine rings is 1. The molecule has 0 saturated carbocycles. The van der Waals surface area contributed by atoms with Crippen molar-refractivity contribution in [2.45, 2.75) is 19.1 Å². The molecule has 0 aliphatic carbocycles. The fraction of sp³-hybridized carbons (Fsp3) is 0.214. The molecule has 0 spiro atoms. The molecule has 0 aliphatic heterocycles. The summed E-state index contributed by atoms with van der Waals surface area (Å²) in [6.45, 7) is 1.81. The van der Waals surface area contributed by atoms with Gasteiger partial charge in [0, 0.05) is 16.9 Å². The fourth-order valence-corrected chi connectivity index (χ4v) is 2.33. The zero-order valence-electron chi connectivity index (χ0n) is 10.6. The van der Waals surface area contributed by atoms with Gasteiger partial charge in [0.1, 0.15) is 0 Å². The Balaban J connectivity index is 2.52. The lowest BCUT2D eigenvalue weighted by Gasteiger charge is -2.19. The first-order valence-corrected chi connectivity index (χ1v) is 6.62. The Kier molecular flexibility index (Phi) is 4.15. The first kappa shape index (κ1) is 15.0. The van der Waals surface area contributed by atoms with E-state index in [0.29, 0.717) is 10.0 Å². The average Bonchev–Trinajstić information content (AvgIpc) is 2.37. The lowest BCUT2D eigenvalue weighted by atomic mass is 9.95. The molecule has 1 unspecified atom stereocenters. The van der Waals surface area contributed by atoms with Crippen molar-refractivity contribution in [2.24, 2.45) is 5.73 Å². The van der Waals surface area contributed by atoms with Crippen molar-refractivity contribution in [1.82, 2.24) is 4.98 Å². The highest BCUT2D eigenvalue weighted by molar-refractivity contribution is 9.10. The summed E-state index contributed by atoms with van der Waals surface area (Å²) in [5.41, 5.74) is 6.68. The third-order valence-corrected chi connectivity index (χ3v) is 3.40. The molecule has 2 N–H and O–H groups in total. The van der Waals surface area contributed by atoms with Crippen LogP contribution < -0.4 is 5.73 Å². The van der Waals surface area contributed by atoms with E-state index in [4.69, 9.17) is 5.73 Å². The van der Waals surface area contributed by atoms with Gasteiger partial charge < -0.3 is 5.73 Å². The molecule has 0 bridgehead atoms. The van der Waals surface area contributed by atoms with Gasteiger partial charge in [-0.3, -0.25) is 4.98 Å². The summed E-state index contributed by atoms with van der Waals surface area (Å²) in [5.74, 6) is 0. The van der Waals surface area contributed by atoms with Gasteiger partial charge >= 0.3 is 6.18 Å². The molecule has 1 aromatic heterocycles. The van der Waals surface area contributed by atoms with Crippen LogP contribution in [0.4, 0.5) is 13.2 Å². The second-order valence-electron chi connectivity index (χ2n) is 4.50. The number of rotatable bonds is 2. The van der Waals surface area contributed by atoms with Crippen molar-refractivity contribution in [1.29, 1.82) is 0 Å². The van der Waals surface area contributed by atoms with Gasteiger partial charge in [-0.15, -0.1) is 0 Å². The molecule has 6 heteroatoms. The van der Waals surface area contributed by atoms with Gasteiger partial charge in [0.05, 0.1) is 11.6 Å². The van der Waals surface area contributed by atoms with E-state index in [1.54, 1.807) is 18.3 Å². The number of nitrogens with two attached hydrogens (primary N) is 1. The lowest BCUT2D eigenvalue weighted by molar-refractivity contribution is -0.138. The van der Waals surface area contributed by atoms with E-state index in [2.05, 4.69) is 20.9 Å². The number of benzene rings is 1. The molecule has 2 aromatic rings. The molecular formula is C14H12BrF3N2. The predicted octanol–water partition coefficient (Wildman–Crippen LogP) is 4.22. The SMILES string of the molecule is Cc1cncc(C(N)c2ccc(Br)cc2C(F)(F)F)c1. The van der Waals surface area contributed by atoms with E-state index in [-0.39, 0.29) is 5.56 Å². The van der Waals surface area contributed by atoms with Crippen LogP contribution in [0.15, 0.2) is 41.1 Å². The van der Waals surface area contributed by atoms with E-state index < -0.39 is 17.8 Å². The van der Waals surface area contributed by atoms with Gasteiger partial charge in [0.2, 0.25) is 0 Å². The Morgan fingerprint density at radius 1 is 1.20 bits per heavy atom. The maximum Gasteiger partial charge on any atom is 0.416 e. The Hall–Kier alpha value is -1.40. The zero-order chi connectivity index (χ0) is 14.9. The van der Waals surface area contributed by atoms with Crippen LogP contribution in [0.25, 0.3) is 0 Å². The molecule has 0 aliphatic rings. The Morgan fingerprint density at radius 2 is 1.90 bits per heavy atom. The molecule has 2 nitrogen and oxygen atoms in total. The highest BCUT2D eigenvalue weighted by Crippen LogP contribution is 2.37. The first-order chi connectivity index (χ1) is 9.29. The highest BCUT2D eigenvalue weighted by atomic mass is 79.9. The van der Waals surface area contributed by atoms with Crippen LogP contribution in [0.2, 0.25) is 0 Å². The van der Waals surface area contributed by atoms with Gasteiger partial charge in [-0.05, 0) is 35.7 Å². The summed E-state index contributed by atoms with van der Waals surface area (Å²) in [6.07, 6.45) is -1.34. The second kappa shape index (κ2) is 5.54. The third kappa shape index (κ3) is 3.19. The van der Waals surface area contributed by atoms with E-state index >= 15 is 0 Å². The number of nitrogens with zero attached hydrogens (tertiary/aromatic N) is 1. The van der Waals surface area contributed by atoms with Crippen molar-refractivity contribution in [3.63, 3.8) is 0 Å². The molecule has 0 fully saturated rings. The first-order valence-electron chi connectivity index (χ1n) is 5.83. The van der Waals surface area contributed by atoms with Gasteiger partial charge in [-0.1, -0.05) is 28.1 Å². The number of hydrogen-bond acceptors (Lipinski definition) is 2. The minimum absolute atomic E-state index is 0.0353. The summed E-state index contributed by atoms with van der Waals surface area (Å²) in [4.78, 5) is 3.97. The average molecular weight is 345 g/mol. The van der Waals surface area contributed by atoms with E-state index in [1.165, 1.54) is 12.3 Å². The molecule has 20 heavy (non-hydrogen) atoms. The lowest BCUT2D eigenvalue weighted by Crippen LogP contribution is -2.18. The fourth-order valence-electron chi connectivity index (χ4n) is 1.97. The summed E-state index contributed by atoms with van der Waals surface area (Å²) >= 11 is 3.05. The number of alkyl halides is 3. The van der Waals surface area contributed by atoms with E-state index in [0.717, 1.165) is 11.6 Å². The molecule has 0 radical (unpaired) electrons. The van der Waals surface area contributed by atoms with Crippen LogP contribution in [0.5, 0.6) is 0 Å². The zero-order valence-corrected chi connectivity index (χ0v) is 12.2. The number of aryl methyl sites for hydroxylation is 1. The number of aromatic nitrogens is 1. The standard InChI is InChI=1S/C14H12BrF3N2/c1-8-4-9(7-20-6-8)13(19)11-3-2-10(15)5-12(11)14(16,17)18/h2-7,13H,19H2,1H3. The maximum atomic E-state index is 13.1. The van der Waals surface area contributed by atoms with E-state index in [1.807, 2.05) is 6.92 Å². The summed E-state index contributed by atoms with van der Waals surface area (Å²) < 4.78 is 39.6. The number of hydrogen-bond donors (Lipinski definition) is 1. The quantitative estimate of drug-likeness (QED) is 0.885. The topological polar surface area (TPSA) is 38.9 Å². The molecule has 1 heterocycles. The van der Waals surface area contributed by atoms with Crippen LogP contribution in [-0.4, -0.2) is 4.98 Å². The normalized spacial score (nSPS) is 13.3. The van der Waals surface area contributed by atoms with Crippen LogP contribution in [0, 0.1) is 6.92 Å². The third-order valence-electron chi connectivity index (χ3n) is 2.91. The largest absolute Gasteiger partial charge is 0.416 e. The van der Waals surface area contributed by atoms with Crippen LogP contribution in [0.1, 0.15) is 28.3 Å². The van der Waals surface area contributed by atoms with Gasteiger partial charge in [-0.2, -0.15) is 13.2 Å². The van der Waals surface area contributed by atoms with Crippen molar-refractivity contribution in [2.75, 3.05) is 0 Å². The molecule has 106 valence electrons. The van der Waals surface area contributed by atoms with Crippen LogP contribution in [-0.2, 0) is 6.18 Å². The van der Waals surface area contributed by atoms with Gasteiger partial charge in [0.25, 0.3) is 0 Å².